The number of carboxylic acid groups (broad SMARTS) is 1. The van der Waals surface area contributed by atoms with Crippen molar-refractivity contribution in [3.63, 3.8) is 0 Å². The Balaban J connectivity index is 1.90. The van der Waals surface area contributed by atoms with Crippen molar-refractivity contribution in [2.24, 2.45) is 5.73 Å². The van der Waals surface area contributed by atoms with Crippen LogP contribution >= 0.6 is 40.4 Å². The Kier molecular flexibility index (Phi) is 25.3. The molecule has 1 aliphatic heterocycles. The fourth-order valence-electron chi connectivity index (χ4n) is 8.40. The summed E-state index contributed by atoms with van der Waals surface area (Å²) in [6.07, 6.45) is -0.0716. The molecule has 28 heteroatoms. The summed E-state index contributed by atoms with van der Waals surface area (Å²) in [5, 5.41) is 35.4. The van der Waals surface area contributed by atoms with Crippen molar-refractivity contribution < 1.29 is 62.3 Å². The Morgan fingerprint density at radius 3 is 2.05 bits per heavy atom. The molecule has 1 fully saturated rings. The normalized spacial score (nSPS) is 22.1. The first-order chi connectivity index (χ1) is 37.2. The molecule has 9 amide bonds. The van der Waals surface area contributed by atoms with Gasteiger partial charge in [0.2, 0.25) is 53.2 Å². The number of aliphatic carboxylic acids is 1. The number of rotatable bonds is 21. The van der Waals surface area contributed by atoms with Gasteiger partial charge in [-0.15, -0.1) is 0 Å². The van der Waals surface area contributed by atoms with Gasteiger partial charge >= 0.3 is 5.97 Å². The van der Waals surface area contributed by atoms with E-state index in [9.17, 15) is 53.1 Å². The molecule has 2 unspecified atom stereocenters. The van der Waals surface area contributed by atoms with E-state index in [0.29, 0.717) is 36.4 Å². The van der Waals surface area contributed by atoms with Gasteiger partial charge in [-0.25, -0.2) is 4.79 Å². The van der Waals surface area contributed by atoms with Gasteiger partial charge in [0.15, 0.2) is 0 Å². The lowest BCUT2D eigenvalue weighted by Gasteiger charge is -2.39. The molecule has 4 rings (SSSR count). The number of aromatic nitrogens is 1. The molecule has 434 valence electrons. The van der Waals surface area contributed by atoms with Crippen molar-refractivity contribution in [3.8, 4) is 5.75 Å². The van der Waals surface area contributed by atoms with E-state index >= 15 is 0 Å². The van der Waals surface area contributed by atoms with Crippen LogP contribution in [0.4, 0.5) is 0 Å². The van der Waals surface area contributed by atoms with Crippen molar-refractivity contribution in [2.45, 2.75) is 152 Å². The summed E-state index contributed by atoms with van der Waals surface area (Å²) in [7, 11) is 6.37. The predicted molar refractivity (Wildman–Crippen MR) is 307 cm³/mol. The molecular weight excluding hydrogens is 1100 g/mol. The van der Waals surface area contributed by atoms with Gasteiger partial charge in [0.1, 0.15) is 54.6 Å². The number of nitrogens with one attached hydrogen (secondary N) is 10. The number of unbranched alkanes of at least 4 members (excludes halogenated alkanes) is 1. The van der Waals surface area contributed by atoms with Gasteiger partial charge in [-0.05, 0) is 89.6 Å². The second kappa shape index (κ2) is 30.5. The largest absolute Gasteiger partial charge is 0.492 e. The third-order valence-electron chi connectivity index (χ3n) is 12.8. The van der Waals surface area contributed by atoms with Crippen LogP contribution in [0.1, 0.15) is 90.8 Å². The minimum Gasteiger partial charge on any atom is -0.492 e. The second-order valence-corrected chi connectivity index (χ2v) is 24.3. The number of ether oxygens (including phenoxy) is 1. The Morgan fingerprint density at radius 2 is 1.43 bits per heavy atom. The lowest BCUT2D eigenvalue weighted by molar-refractivity contribution is -0.142. The zero-order valence-electron chi connectivity index (χ0n) is 45.5. The summed E-state index contributed by atoms with van der Waals surface area (Å²) < 4.78 is 8.33. The number of carboxylic acids is 1. The standard InChI is InChI=1S/C51H75N11O13P2S2/c1-26-12-11-13-33-31(25-54-39(26)33)23-35-44(67)57-34(14-9-10-19-53-28(3)63)43(66)62-42(48(71)60-37(49(72)73)22-30-15-17-32(18-16-30)74-21-20-55-76)51(7,8)79-78-50(5,6)41(56-29(4)64)47(70)59-36(24-38(52)65)45(68)61-40(27(2)75-77)46(69)58-35/h11-13,15-18,25,27,34-37,40-42,54-55H,9-10,14,19-24,76-77H2,1-8H3,(H2,52,65)(H,53,63)(H,56,64)(H,57,67)(H,58,69)(H,59,70)(H,60,71)(H,61,68)(H,62,66)(H,72,73)/t27-,34+,35+,36+,37+,40+,41-,42-/m1/s1. The van der Waals surface area contributed by atoms with Gasteiger partial charge in [-0.3, -0.25) is 48.2 Å². The molecule has 79 heavy (non-hydrogen) atoms. The SMILES string of the molecule is CC(=O)NCCCC[C@@H]1NC(=O)[C@H](Cc2c[nH]c3c(C)cccc23)NC(=O)[C@H]([C@@H](C)OP)NC(=O)[C@H](CC(N)=O)NC(=O)[C@@H](NC(C)=O)C(C)(C)SSC(C)(C)[C@@H](C(=O)N[C@@H](Cc2ccc(OCCNP)cc2)C(=O)O)NC1=O. The fraction of sp³-hybridized carbons (Fsp3) is 0.529. The number of para-hydroxylation sites is 1. The zero-order chi connectivity index (χ0) is 58.8. The number of H-pyrrole nitrogens is 1. The number of nitrogens with two attached hydrogens (primary N) is 1. The number of primary amides is 1. The molecule has 3 aromatic rings. The van der Waals surface area contributed by atoms with Crippen LogP contribution in [0.3, 0.4) is 0 Å². The third-order valence-corrected chi connectivity index (χ3v) is 17.8. The molecule has 1 aliphatic rings. The van der Waals surface area contributed by atoms with E-state index in [1.807, 2.05) is 34.6 Å². The van der Waals surface area contributed by atoms with Crippen LogP contribution in [-0.4, -0.2) is 147 Å². The Labute approximate surface area is 471 Å². The number of fused-ring (bicyclic) bond motifs is 1. The number of hydrogen-bond donors (Lipinski definition) is 12. The average Bonchev–Trinajstić information content (AvgIpc) is 3.81. The molecule has 13 N–H and O–H groups in total. The first kappa shape index (κ1) is 65.5. The van der Waals surface area contributed by atoms with Crippen molar-refractivity contribution >= 4 is 110 Å². The number of hydrogen-bond acceptors (Lipinski definition) is 15. The summed E-state index contributed by atoms with van der Waals surface area (Å²) in [6, 6.07) is 1.29. The van der Waals surface area contributed by atoms with E-state index in [-0.39, 0.29) is 38.1 Å². The quantitative estimate of drug-likeness (QED) is 0.0400. The van der Waals surface area contributed by atoms with Crippen LogP contribution in [0.5, 0.6) is 5.75 Å². The van der Waals surface area contributed by atoms with Crippen molar-refractivity contribution in [1.29, 1.82) is 0 Å². The number of aromatic amines is 1. The van der Waals surface area contributed by atoms with Gasteiger partial charge in [0.25, 0.3) is 0 Å². The predicted octanol–water partition coefficient (Wildman–Crippen LogP) is 0.847. The molecule has 0 bridgehead atoms. The average molecular weight is 1180 g/mol. The zero-order valence-corrected chi connectivity index (χ0v) is 49.4. The molecule has 0 radical (unpaired) electrons. The molecular formula is C51H75N11O13P2S2. The highest BCUT2D eigenvalue weighted by Gasteiger charge is 2.45. The second-order valence-electron chi connectivity index (χ2n) is 20.2. The fourth-order valence-corrected chi connectivity index (χ4v) is 11.5. The lowest BCUT2D eigenvalue weighted by Crippen LogP contribution is -2.64. The molecule has 1 aromatic heterocycles. The van der Waals surface area contributed by atoms with Crippen molar-refractivity contribution in [2.75, 3.05) is 19.7 Å². The maximum Gasteiger partial charge on any atom is 0.326 e. The van der Waals surface area contributed by atoms with E-state index < -0.39 is 118 Å². The highest BCUT2D eigenvalue weighted by atomic mass is 33.1. The maximum absolute atomic E-state index is 15.0. The highest BCUT2D eigenvalue weighted by molar-refractivity contribution is 8.77. The molecule has 24 nitrogen and oxygen atoms in total. The van der Waals surface area contributed by atoms with E-state index in [1.54, 1.807) is 58.2 Å². The maximum atomic E-state index is 15.0. The molecule has 2 heterocycles. The van der Waals surface area contributed by atoms with Crippen molar-refractivity contribution in [3.05, 3.63) is 65.4 Å². The van der Waals surface area contributed by atoms with Gasteiger partial charge in [0.05, 0.1) is 12.5 Å². The Hall–Kier alpha value is -6.04. The minimum atomic E-state index is -1.72. The highest BCUT2D eigenvalue weighted by Crippen LogP contribution is 2.47. The smallest absolute Gasteiger partial charge is 0.326 e. The number of carbonyl (C=O) groups excluding carboxylic acids is 9. The molecule has 2 aromatic carbocycles. The van der Waals surface area contributed by atoms with Crippen LogP contribution in [0.2, 0.25) is 0 Å². The molecule has 0 spiro atoms. The van der Waals surface area contributed by atoms with Crippen LogP contribution in [0, 0.1) is 6.92 Å². The molecule has 1 saturated heterocycles. The van der Waals surface area contributed by atoms with Gasteiger partial charge < -0.3 is 67.6 Å². The lowest BCUT2D eigenvalue weighted by atomic mass is 9.98. The van der Waals surface area contributed by atoms with E-state index in [4.69, 9.17) is 15.0 Å². The van der Waals surface area contributed by atoms with Crippen molar-refractivity contribution in [1.82, 2.24) is 52.6 Å². The van der Waals surface area contributed by atoms with Crippen LogP contribution in [-0.2, 0) is 65.3 Å². The molecule has 0 aliphatic carbocycles. The summed E-state index contributed by atoms with van der Waals surface area (Å²) in [6.45, 7) is 13.3. The van der Waals surface area contributed by atoms with Gasteiger partial charge in [-0.2, -0.15) is 0 Å². The van der Waals surface area contributed by atoms with E-state index in [0.717, 1.165) is 45.0 Å². The van der Waals surface area contributed by atoms with Gasteiger partial charge in [0, 0.05) is 75.8 Å². The Bertz CT molecular complexity index is 2680. The molecule has 10 atom stereocenters. The number of amides is 9. The summed E-state index contributed by atoms with van der Waals surface area (Å²) in [4.78, 5) is 141. The van der Waals surface area contributed by atoms with Gasteiger partial charge in [-0.1, -0.05) is 61.3 Å². The first-order valence-corrected chi connectivity index (χ1v) is 28.7. The summed E-state index contributed by atoms with van der Waals surface area (Å²) in [5.74, 6) is -8.47. The van der Waals surface area contributed by atoms with E-state index in [1.165, 1.54) is 13.8 Å². The summed E-state index contributed by atoms with van der Waals surface area (Å²) in [5.41, 5.74) is 8.34. The summed E-state index contributed by atoms with van der Waals surface area (Å²) >= 11 is 0. The number of benzene rings is 2. The van der Waals surface area contributed by atoms with Crippen LogP contribution in [0.25, 0.3) is 10.9 Å². The van der Waals surface area contributed by atoms with E-state index in [2.05, 4.69) is 62.0 Å². The van der Waals surface area contributed by atoms with Crippen LogP contribution in [0.15, 0.2) is 48.7 Å². The number of aryl methyl sites for hydroxylation is 1. The third kappa shape index (κ3) is 19.9. The molecule has 0 saturated carbocycles. The van der Waals surface area contributed by atoms with Crippen LogP contribution < -0.4 is 58.1 Å². The minimum absolute atomic E-state index is 0.0649. The monoisotopic (exact) mass is 1180 g/mol. The first-order valence-electron chi connectivity index (χ1n) is 25.5. The number of carbonyl (C=O) groups is 10. The Morgan fingerprint density at radius 1 is 0.797 bits per heavy atom. The topological polar surface area (TPSA) is 359 Å².